The van der Waals surface area contributed by atoms with Gasteiger partial charge in [0.15, 0.2) is 6.54 Å². The molecule has 7 heavy (non-hydrogen) atoms. The summed E-state index contributed by atoms with van der Waals surface area (Å²) in [5.74, 6) is 0. The van der Waals surface area contributed by atoms with Crippen LogP contribution in [0.25, 0.3) is 0 Å². The predicted molar refractivity (Wildman–Crippen MR) is 31.6 cm³/mol. The third-order valence-corrected chi connectivity index (χ3v) is 0.797. The van der Waals surface area contributed by atoms with Crippen LogP contribution in [0.4, 0.5) is 0 Å². The first-order valence-corrected chi connectivity index (χ1v) is 2.35. The Bertz CT molecular complexity index is 76.1. The zero-order valence-corrected chi connectivity index (χ0v) is 4.65. The van der Waals surface area contributed by atoms with Crippen LogP contribution in [0, 0.1) is 5.41 Å². The molecule has 0 aromatic heterocycles. The van der Waals surface area contributed by atoms with E-state index in [0.29, 0.717) is 6.54 Å². The van der Waals surface area contributed by atoms with E-state index in [0.717, 1.165) is 6.54 Å². The minimum atomic E-state index is 0.663. The molecular formula is C5H11N2+. The lowest BCUT2D eigenvalue weighted by molar-refractivity contribution is -0.499. The van der Waals surface area contributed by atoms with Gasteiger partial charge in [-0.15, -0.1) is 0 Å². The van der Waals surface area contributed by atoms with Crippen LogP contribution >= 0.6 is 0 Å². The molecule has 0 spiro atoms. The molecule has 2 heteroatoms. The normalized spacial score (nSPS) is 8.14. The Balaban J connectivity index is 3.17. The van der Waals surface area contributed by atoms with Gasteiger partial charge in [0, 0.05) is 0 Å². The van der Waals surface area contributed by atoms with Gasteiger partial charge in [-0.1, -0.05) is 0 Å². The molecule has 0 heterocycles. The van der Waals surface area contributed by atoms with Crippen molar-refractivity contribution < 1.29 is 4.58 Å². The van der Waals surface area contributed by atoms with Gasteiger partial charge in [-0.25, -0.2) is 4.58 Å². The fraction of sp³-hybridized carbons (Fsp3) is 0.600. The first-order valence-electron chi connectivity index (χ1n) is 2.35. The maximum absolute atomic E-state index is 6.63. The monoisotopic (exact) mass is 99.1 g/mol. The molecular weight excluding hydrogens is 88.1 g/mol. The van der Waals surface area contributed by atoms with E-state index in [1.54, 1.807) is 0 Å². The fourth-order valence-corrected chi connectivity index (χ4v) is 0.258. The molecule has 0 saturated heterocycles. The predicted octanol–water partition coefficient (Wildman–Crippen LogP) is 0.369. The largest absolute Gasteiger partial charge is 0.307 e. The van der Waals surface area contributed by atoms with Crippen molar-refractivity contribution in [1.29, 1.82) is 5.41 Å². The summed E-state index contributed by atoms with van der Waals surface area (Å²) >= 11 is 0. The van der Waals surface area contributed by atoms with E-state index >= 15 is 0 Å². The van der Waals surface area contributed by atoms with Gasteiger partial charge in [0.2, 0.25) is 0 Å². The number of nitrogens with zero attached hydrogens (tertiary/aromatic N) is 1. The van der Waals surface area contributed by atoms with E-state index in [-0.39, 0.29) is 0 Å². The highest BCUT2D eigenvalue weighted by molar-refractivity contribution is 5.54. The van der Waals surface area contributed by atoms with Crippen molar-refractivity contribution in [3.8, 4) is 0 Å². The number of rotatable bonds is 3. The molecule has 0 fully saturated rings. The molecule has 0 aliphatic rings. The third kappa shape index (κ3) is 3.16. The molecule has 0 aliphatic heterocycles. The average Bonchev–Trinajstić information content (AvgIpc) is 1.68. The Morgan fingerprint density at radius 1 is 1.86 bits per heavy atom. The summed E-state index contributed by atoms with van der Waals surface area (Å²) < 4.78 is 1.81. The molecule has 0 atom stereocenters. The number of nitrogens with one attached hydrogen (secondary N) is 1. The van der Waals surface area contributed by atoms with E-state index in [2.05, 4.69) is 6.72 Å². The Kier molecular flexibility index (Phi) is 3.19. The smallest absolute Gasteiger partial charge is 0.176 e. The lowest BCUT2D eigenvalue weighted by Crippen LogP contribution is -2.10. The second kappa shape index (κ2) is 3.53. The van der Waals surface area contributed by atoms with Crippen LogP contribution < -0.4 is 0 Å². The zero-order chi connectivity index (χ0) is 5.70. The average molecular weight is 99.2 g/mol. The minimum absolute atomic E-state index is 0.663. The van der Waals surface area contributed by atoms with Crippen LogP contribution in [0.2, 0.25) is 0 Å². The zero-order valence-electron chi connectivity index (χ0n) is 4.65. The van der Waals surface area contributed by atoms with E-state index in [1.807, 2.05) is 11.5 Å². The van der Waals surface area contributed by atoms with Gasteiger partial charge in [-0.3, -0.25) is 0 Å². The van der Waals surface area contributed by atoms with Crippen LogP contribution in [0.15, 0.2) is 0 Å². The molecule has 40 valence electrons. The maximum atomic E-state index is 6.63. The number of hydrogen-bond donors (Lipinski definition) is 1. The molecule has 0 unspecified atom stereocenters. The first-order chi connectivity index (χ1) is 3.31. The van der Waals surface area contributed by atoms with Crippen molar-refractivity contribution in [3.63, 3.8) is 0 Å². The molecule has 0 bridgehead atoms. The highest BCUT2D eigenvalue weighted by Crippen LogP contribution is 1.63. The van der Waals surface area contributed by atoms with Crippen molar-refractivity contribution in [2.24, 2.45) is 0 Å². The van der Waals surface area contributed by atoms with Gasteiger partial charge in [-0.2, -0.15) is 0 Å². The highest BCUT2D eigenvalue weighted by atomic mass is 15.0. The molecule has 0 saturated carbocycles. The van der Waals surface area contributed by atoms with Gasteiger partial charge >= 0.3 is 0 Å². The van der Waals surface area contributed by atoms with Crippen molar-refractivity contribution >= 4 is 12.9 Å². The van der Waals surface area contributed by atoms with E-state index < -0.39 is 0 Å². The molecule has 2 nitrogen and oxygen atoms in total. The Morgan fingerprint density at radius 3 is 2.57 bits per heavy atom. The van der Waals surface area contributed by atoms with Gasteiger partial charge < -0.3 is 5.41 Å². The molecule has 0 aromatic rings. The minimum Gasteiger partial charge on any atom is -0.307 e. The lowest BCUT2D eigenvalue weighted by atomic mass is 10.6. The summed E-state index contributed by atoms with van der Waals surface area (Å²) in [5.41, 5.74) is 0. The highest BCUT2D eigenvalue weighted by Gasteiger charge is 1.86. The van der Waals surface area contributed by atoms with Crippen LogP contribution in [0.5, 0.6) is 0 Å². The molecule has 0 amide bonds. The first kappa shape index (κ1) is 6.34. The van der Waals surface area contributed by atoms with E-state index in [9.17, 15) is 0 Å². The summed E-state index contributed by atoms with van der Waals surface area (Å²) in [6, 6.07) is 0. The Hall–Kier alpha value is -0.660. The SMILES string of the molecule is C=[N+](CC)CC=N. The van der Waals surface area contributed by atoms with Crippen LogP contribution in [0.1, 0.15) is 6.92 Å². The van der Waals surface area contributed by atoms with Gasteiger partial charge in [-0.05, 0) is 6.92 Å². The van der Waals surface area contributed by atoms with E-state index in [1.165, 1.54) is 6.21 Å². The lowest BCUT2D eigenvalue weighted by Gasteiger charge is -1.87. The van der Waals surface area contributed by atoms with Gasteiger partial charge in [0.25, 0.3) is 0 Å². The Labute approximate surface area is 44.0 Å². The molecule has 1 N–H and O–H groups in total. The summed E-state index contributed by atoms with van der Waals surface area (Å²) in [7, 11) is 0. The summed E-state index contributed by atoms with van der Waals surface area (Å²) in [4.78, 5) is 0. The van der Waals surface area contributed by atoms with Crippen LogP contribution in [-0.4, -0.2) is 30.6 Å². The topological polar surface area (TPSA) is 26.9 Å². The van der Waals surface area contributed by atoms with Crippen LogP contribution in [0.3, 0.4) is 0 Å². The fourth-order valence-electron chi connectivity index (χ4n) is 0.258. The molecule has 0 rings (SSSR count). The van der Waals surface area contributed by atoms with Crippen molar-refractivity contribution in [2.45, 2.75) is 6.92 Å². The molecule has 0 aromatic carbocycles. The van der Waals surface area contributed by atoms with Crippen molar-refractivity contribution in [3.05, 3.63) is 0 Å². The third-order valence-electron chi connectivity index (χ3n) is 0.797. The molecule has 0 aliphatic carbocycles. The maximum Gasteiger partial charge on any atom is 0.176 e. The van der Waals surface area contributed by atoms with Gasteiger partial charge in [0.1, 0.15) is 13.3 Å². The quantitative estimate of drug-likeness (QED) is 0.391. The van der Waals surface area contributed by atoms with Crippen molar-refractivity contribution in [1.82, 2.24) is 0 Å². The van der Waals surface area contributed by atoms with E-state index in [4.69, 9.17) is 5.41 Å². The standard InChI is InChI=1S/C5H11N2/c1-3-7(2)5-4-6/h4,6H,2-3,5H2,1H3/q+1. The summed E-state index contributed by atoms with van der Waals surface area (Å²) in [5, 5.41) is 6.63. The van der Waals surface area contributed by atoms with Gasteiger partial charge in [0.05, 0.1) is 6.21 Å². The van der Waals surface area contributed by atoms with Crippen molar-refractivity contribution in [2.75, 3.05) is 13.1 Å². The number of hydrogen-bond acceptors (Lipinski definition) is 1. The summed E-state index contributed by atoms with van der Waals surface area (Å²) in [6.45, 7) is 7.21. The second-order valence-corrected chi connectivity index (χ2v) is 1.37. The summed E-state index contributed by atoms with van der Waals surface area (Å²) in [6.07, 6.45) is 1.34. The van der Waals surface area contributed by atoms with Crippen LogP contribution in [-0.2, 0) is 0 Å². The molecule has 0 radical (unpaired) electrons. The Morgan fingerprint density at radius 2 is 2.43 bits per heavy atom. The second-order valence-electron chi connectivity index (χ2n) is 1.37.